The maximum atomic E-state index is 9.27. The van der Waals surface area contributed by atoms with Gasteiger partial charge in [-0.25, -0.2) is 0 Å². The van der Waals surface area contributed by atoms with Crippen molar-refractivity contribution in [2.24, 2.45) is 7.05 Å². The molecule has 0 saturated heterocycles. The first kappa shape index (κ1) is 13.8. The third kappa shape index (κ3) is 3.58. The standard InChI is InChI=1S/C13H21N3O/c1-9(5-10(2)17)15-8-12-6-13(7-14)16(4)11(12)3/h6,9-10,15,17H,5,8H2,1-4H3. The van der Waals surface area contributed by atoms with Crippen LogP contribution in [0, 0.1) is 18.3 Å². The molecule has 4 nitrogen and oxygen atoms in total. The molecule has 0 aliphatic carbocycles. The van der Waals surface area contributed by atoms with E-state index in [1.807, 2.05) is 24.6 Å². The molecule has 1 aromatic heterocycles. The van der Waals surface area contributed by atoms with Crippen molar-refractivity contribution in [1.29, 1.82) is 5.26 Å². The summed E-state index contributed by atoms with van der Waals surface area (Å²) in [5, 5.41) is 21.6. The van der Waals surface area contributed by atoms with Gasteiger partial charge in [-0.15, -0.1) is 0 Å². The molecule has 1 aromatic rings. The number of aliphatic hydroxyl groups excluding tert-OH is 1. The van der Waals surface area contributed by atoms with E-state index in [9.17, 15) is 5.11 Å². The second kappa shape index (κ2) is 5.85. The van der Waals surface area contributed by atoms with Gasteiger partial charge in [0.1, 0.15) is 11.8 Å². The molecule has 4 heteroatoms. The van der Waals surface area contributed by atoms with E-state index in [1.165, 1.54) is 0 Å². The summed E-state index contributed by atoms with van der Waals surface area (Å²) in [6.45, 7) is 6.59. The second-order valence-corrected chi connectivity index (χ2v) is 4.68. The number of hydrogen-bond donors (Lipinski definition) is 2. The molecule has 1 heterocycles. The summed E-state index contributed by atoms with van der Waals surface area (Å²) >= 11 is 0. The summed E-state index contributed by atoms with van der Waals surface area (Å²) in [6, 6.07) is 4.35. The zero-order valence-electron chi connectivity index (χ0n) is 11.0. The van der Waals surface area contributed by atoms with Crippen molar-refractivity contribution in [2.45, 2.75) is 45.9 Å². The number of aromatic nitrogens is 1. The van der Waals surface area contributed by atoms with Crippen molar-refractivity contribution < 1.29 is 5.11 Å². The van der Waals surface area contributed by atoms with E-state index in [-0.39, 0.29) is 12.1 Å². The molecule has 0 amide bonds. The topological polar surface area (TPSA) is 61.0 Å². The van der Waals surface area contributed by atoms with Crippen LogP contribution in [0.2, 0.25) is 0 Å². The largest absolute Gasteiger partial charge is 0.393 e. The van der Waals surface area contributed by atoms with Gasteiger partial charge in [-0.05, 0) is 38.8 Å². The molecule has 0 aliphatic rings. The van der Waals surface area contributed by atoms with Gasteiger partial charge in [0.05, 0.1) is 6.10 Å². The van der Waals surface area contributed by atoms with Gasteiger partial charge in [-0.2, -0.15) is 5.26 Å². The Morgan fingerprint density at radius 2 is 2.18 bits per heavy atom. The summed E-state index contributed by atoms with van der Waals surface area (Å²) in [5.41, 5.74) is 2.93. The summed E-state index contributed by atoms with van der Waals surface area (Å²) < 4.78 is 1.90. The highest BCUT2D eigenvalue weighted by Crippen LogP contribution is 2.13. The predicted octanol–water partition coefficient (Wildman–Crippen LogP) is 1.45. The number of rotatable bonds is 5. The van der Waals surface area contributed by atoms with Gasteiger partial charge in [0.15, 0.2) is 0 Å². The minimum absolute atomic E-state index is 0.264. The fraction of sp³-hybridized carbons (Fsp3) is 0.615. The van der Waals surface area contributed by atoms with Gasteiger partial charge in [0, 0.05) is 25.3 Å². The van der Waals surface area contributed by atoms with Crippen molar-refractivity contribution in [2.75, 3.05) is 0 Å². The van der Waals surface area contributed by atoms with Gasteiger partial charge in [-0.1, -0.05) is 0 Å². The van der Waals surface area contributed by atoms with Crippen LogP contribution >= 0.6 is 0 Å². The quantitative estimate of drug-likeness (QED) is 0.812. The van der Waals surface area contributed by atoms with Crippen LogP contribution in [0.5, 0.6) is 0 Å². The average Bonchev–Trinajstić information content (AvgIpc) is 2.52. The highest BCUT2D eigenvalue weighted by Gasteiger charge is 2.10. The minimum atomic E-state index is -0.288. The van der Waals surface area contributed by atoms with Crippen LogP contribution in [0.15, 0.2) is 6.07 Å². The van der Waals surface area contributed by atoms with Crippen LogP contribution in [0.1, 0.15) is 37.2 Å². The van der Waals surface area contributed by atoms with E-state index in [0.717, 1.165) is 24.2 Å². The number of hydrogen-bond acceptors (Lipinski definition) is 3. The van der Waals surface area contributed by atoms with Gasteiger partial charge in [0.25, 0.3) is 0 Å². The molecule has 0 fully saturated rings. The van der Waals surface area contributed by atoms with Crippen LogP contribution in [-0.2, 0) is 13.6 Å². The molecule has 0 bridgehead atoms. The normalized spacial score (nSPS) is 14.4. The number of nitrogens with zero attached hydrogens (tertiary/aromatic N) is 2. The van der Waals surface area contributed by atoms with Crippen molar-refractivity contribution >= 4 is 0 Å². The first-order valence-electron chi connectivity index (χ1n) is 5.92. The van der Waals surface area contributed by atoms with Crippen molar-refractivity contribution in [3.05, 3.63) is 23.0 Å². The Labute approximate surface area is 103 Å². The van der Waals surface area contributed by atoms with E-state index in [4.69, 9.17) is 5.26 Å². The molecule has 2 atom stereocenters. The molecule has 0 saturated carbocycles. The van der Waals surface area contributed by atoms with Gasteiger partial charge in [0.2, 0.25) is 0 Å². The van der Waals surface area contributed by atoms with Gasteiger partial charge >= 0.3 is 0 Å². The summed E-state index contributed by atoms with van der Waals surface area (Å²) in [5.74, 6) is 0. The monoisotopic (exact) mass is 235 g/mol. The highest BCUT2D eigenvalue weighted by molar-refractivity contribution is 5.34. The van der Waals surface area contributed by atoms with Crippen LogP contribution in [-0.4, -0.2) is 21.8 Å². The van der Waals surface area contributed by atoms with Gasteiger partial charge in [-0.3, -0.25) is 0 Å². The molecule has 2 N–H and O–H groups in total. The van der Waals surface area contributed by atoms with Crippen molar-refractivity contribution in [3.8, 4) is 6.07 Å². The third-order valence-electron chi connectivity index (χ3n) is 3.09. The average molecular weight is 235 g/mol. The lowest BCUT2D eigenvalue weighted by Crippen LogP contribution is -2.28. The Morgan fingerprint density at radius 3 is 2.65 bits per heavy atom. The van der Waals surface area contributed by atoms with Crippen LogP contribution in [0.4, 0.5) is 0 Å². The maximum absolute atomic E-state index is 9.27. The van der Waals surface area contributed by atoms with Crippen molar-refractivity contribution in [3.63, 3.8) is 0 Å². The Balaban J connectivity index is 2.61. The van der Waals surface area contributed by atoms with Crippen LogP contribution in [0.25, 0.3) is 0 Å². The predicted molar refractivity (Wildman–Crippen MR) is 67.5 cm³/mol. The second-order valence-electron chi connectivity index (χ2n) is 4.68. The number of nitrogens with one attached hydrogen (secondary N) is 1. The highest BCUT2D eigenvalue weighted by atomic mass is 16.3. The minimum Gasteiger partial charge on any atom is -0.393 e. The zero-order valence-corrected chi connectivity index (χ0v) is 11.0. The molecule has 0 aliphatic heterocycles. The number of aliphatic hydroxyl groups is 1. The summed E-state index contributed by atoms with van der Waals surface area (Å²) in [7, 11) is 1.90. The smallest absolute Gasteiger partial charge is 0.120 e. The Hall–Kier alpha value is -1.31. The van der Waals surface area contributed by atoms with Crippen molar-refractivity contribution in [1.82, 2.24) is 9.88 Å². The van der Waals surface area contributed by atoms with E-state index in [1.54, 1.807) is 6.92 Å². The van der Waals surface area contributed by atoms with E-state index < -0.39 is 0 Å². The molecular formula is C13H21N3O. The Morgan fingerprint density at radius 1 is 1.53 bits per heavy atom. The van der Waals surface area contributed by atoms with Crippen LogP contribution < -0.4 is 5.32 Å². The lowest BCUT2D eigenvalue weighted by Gasteiger charge is -2.15. The zero-order chi connectivity index (χ0) is 13.0. The fourth-order valence-corrected chi connectivity index (χ4v) is 1.93. The molecular weight excluding hydrogens is 214 g/mol. The fourth-order valence-electron chi connectivity index (χ4n) is 1.93. The Bertz CT molecular complexity index is 415. The molecule has 17 heavy (non-hydrogen) atoms. The number of nitriles is 1. The molecule has 94 valence electrons. The first-order valence-corrected chi connectivity index (χ1v) is 5.92. The summed E-state index contributed by atoms with van der Waals surface area (Å²) in [6.07, 6.45) is 0.445. The molecule has 0 spiro atoms. The lowest BCUT2D eigenvalue weighted by molar-refractivity contribution is 0.170. The third-order valence-corrected chi connectivity index (χ3v) is 3.09. The molecule has 0 radical (unpaired) electrons. The van der Waals surface area contributed by atoms with E-state index in [0.29, 0.717) is 5.69 Å². The lowest BCUT2D eigenvalue weighted by atomic mass is 10.1. The van der Waals surface area contributed by atoms with E-state index in [2.05, 4.69) is 18.3 Å². The SMILES string of the molecule is Cc1c(CNC(C)CC(C)O)cc(C#N)n1C. The first-order chi connectivity index (χ1) is 7.95. The molecule has 0 aromatic carbocycles. The Kier molecular flexibility index (Phi) is 4.73. The molecule has 1 rings (SSSR count). The summed E-state index contributed by atoms with van der Waals surface area (Å²) in [4.78, 5) is 0. The van der Waals surface area contributed by atoms with Crippen LogP contribution in [0.3, 0.4) is 0 Å². The maximum Gasteiger partial charge on any atom is 0.120 e. The van der Waals surface area contributed by atoms with E-state index >= 15 is 0 Å². The van der Waals surface area contributed by atoms with Gasteiger partial charge < -0.3 is 15.0 Å². The molecule has 2 unspecified atom stereocenters.